The topological polar surface area (TPSA) is 57.5 Å². The number of hydrogen-bond donors (Lipinski definition) is 2. The van der Waals surface area contributed by atoms with E-state index in [1.165, 1.54) is 0 Å². The molecule has 0 rings (SSSR count). The van der Waals surface area contributed by atoms with Gasteiger partial charge in [0.1, 0.15) is 0 Å². The van der Waals surface area contributed by atoms with Crippen molar-refractivity contribution in [3.63, 3.8) is 0 Å². The van der Waals surface area contributed by atoms with Crippen LogP contribution in [0.3, 0.4) is 0 Å². The van der Waals surface area contributed by atoms with Crippen LogP contribution < -0.4 is 0 Å². The average molecular weight is 181 g/mol. The van der Waals surface area contributed by atoms with E-state index in [1.807, 2.05) is 0 Å². The van der Waals surface area contributed by atoms with Crippen LogP contribution in [0.5, 0.6) is 0 Å². The minimum atomic E-state index is -3.13. The van der Waals surface area contributed by atoms with Crippen molar-refractivity contribution < 1.29 is 14.1 Å². The van der Waals surface area contributed by atoms with Gasteiger partial charge in [0, 0.05) is 0 Å². The molecular formula is H8AlGaO3Si. The predicted molar refractivity (Wildman–Crippen MR) is 30.8 cm³/mol. The maximum atomic E-state index is 8.74. The van der Waals surface area contributed by atoms with E-state index in [-0.39, 0.29) is 37.2 Å². The zero-order chi connectivity index (χ0) is 3.58. The Kier molecular flexibility index (Phi) is 24.4. The monoisotopic (exact) mass is 180 g/mol. The fourth-order valence-electron chi connectivity index (χ4n) is 0. The van der Waals surface area contributed by atoms with Crippen LogP contribution in [-0.2, 0) is 4.46 Å². The van der Waals surface area contributed by atoms with Crippen molar-refractivity contribution in [2.24, 2.45) is 0 Å². The van der Waals surface area contributed by atoms with Gasteiger partial charge in [0.2, 0.25) is 0 Å². The third-order valence-corrected chi connectivity index (χ3v) is 0. The van der Waals surface area contributed by atoms with E-state index < -0.39 is 9.17 Å². The summed E-state index contributed by atoms with van der Waals surface area (Å²) in [6, 6.07) is 0. The summed E-state index contributed by atoms with van der Waals surface area (Å²) in [7, 11) is -3.13. The molecule has 0 amide bonds. The van der Waals surface area contributed by atoms with E-state index >= 15 is 0 Å². The van der Waals surface area contributed by atoms with E-state index in [0.29, 0.717) is 0 Å². The molecule has 0 aromatic rings. The van der Waals surface area contributed by atoms with Crippen LogP contribution in [0, 0.1) is 0 Å². The molecule has 0 aliphatic heterocycles. The van der Waals surface area contributed by atoms with Crippen molar-refractivity contribution in [3.8, 4) is 0 Å². The predicted octanol–water partition coefficient (Wildman–Crippen LogP) is -3.98. The van der Waals surface area contributed by atoms with E-state index in [0.717, 1.165) is 0 Å². The van der Waals surface area contributed by atoms with Crippen molar-refractivity contribution in [3.05, 3.63) is 0 Å². The van der Waals surface area contributed by atoms with Gasteiger partial charge in [-0.2, -0.15) is 0 Å². The molecule has 0 unspecified atom stereocenters. The van der Waals surface area contributed by atoms with Crippen molar-refractivity contribution in [2.75, 3.05) is 0 Å². The van der Waals surface area contributed by atoms with Crippen LogP contribution >= 0.6 is 0 Å². The Hall–Kier alpha value is 0.786. The first-order valence-electron chi connectivity index (χ1n) is 0.651. The van der Waals surface area contributed by atoms with Crippen LogP contribution in [0.15, 0.2) is 0 Å². The first-order valence-corrected chi connectivity index (χ1v) is 1.95. The fraction of sp³-hybridized carbons (Fsp3) is 0. The van der Waals surface area contributed by atoms with Gasteiger partial charge in [0.15, 0.2) is 17.4 Å². The van der Waals surface area contributed by atoms with Crippen molar-refractivity contribution in [1.29, 1.82) is 0 Å². The van der Waals surface area contributed by atoms with Gasteiger partial charge < -0.3 is 9.59 Å². The summed E-state index contributed by atoms with van der Waals surface area (Å²) in [5.74, 6) is 0. The van der Waals surface area contributed by atoms with Gasteiger partial charge in [0.25, 0.3) is 0 Å². The first kappa shape index (κ1) is 15.8. The molecule has 2 N–H and O–H groups in total. The summed E-state index contributed by atoms with van der Waals surface area (Å²) in [4.78, 5) is 14.3. The molecule has 0 radical (unpaired) electrons. The summed E-state index contributed by atoms with van der Waals surface area (Å²) in [5.41, 5.74) is 0. The van der Waals surface area contributed by atoms with Crippen LogP contribution in [0.2, 0.25) is 0 Å². The summed E-state index contributed by atoms with van der Waals surface area (Å²) in [5, 5.41) is 0. The molecule has 0 saturated heterocycles. The molecule has 0 bridgehead atoms. The molecule has 0 aromatic heterocycles. The second-order valence-electron chi connectivity index (χ2n) is 0.283. The third-order valence-electron chi connectivity index (χ3n) is 0. The second kappa shape index (κ2) is 9.25. The summed E-state index contributed by atoms with van der Waals surface area (Å²) < 4.78 is 8.74. The van der Waals surface area contributed by atoms with Crippen molar-refractivity contribution >= 4 is 46.3 Å². The van der Waals surface area contributed by atoms with Crippen LogP contribution in [0.1, 0.15) is 0 Å². The Labute approximate surface area is 60.5 Å². The van der Waals surface area contributed by atoms with Crippen LogP contribution in [-0.4, -0.2) is 55.9 Å². The standard InChI is InChI=1S/Al.Ga.H2O3Si.6H/c;;1-4(2)3;;;;;;/h;;1-2H;;;;;;. The fourth-order valence-corrected chi connectivity index (χ4v) is 0. The summed E-state index contributed by atoms with van der Waals surface area (Å²) in [6.45, 7) is 0. The molecule has 0 atom stereocenters. The Morgan fingerprint density at radius 2 is 1.33 bits per heavy atom. The van der Waals surface area contributed by atoms with Gasteiger partial charge in [-0.05, 0) is 0 Å². The summed E-state index contributed by atoms with van der Waals surface area (Å²) >= 11 is 0. The zero-order valence-electron chi connectivity index (χ0n) is 1.80. The van der Waals surface area contributed by atoms with Crippen LogP contribution in [0.4, 0.5) is 0 Å². The third kappa shape index (κ3) is 111. The molecule has 0 aliphatic carbocycles. The van der Waals surface area contributed by atoms with E-state index in [9.17, 15) is 0 Å². The number of hydrogen-bond acceptors (Lipinski definition) is 1. The van der Waals surface area contributed by atoms with E-state index in [1.54, 1.807) is 0 Å². The summed E-state index contributed by atoms with van der Waals surface area (Å²) in [6.07, 6.45) is 0. The quantitative estimate of drug-likeness (QED) is 0.374. The SMILES string of the molecule is O=[Si](O)O.[AlH3].[GaH3]. The molecule has 36 valence electrons. The normalized spacial score (nSPS) is 4.00. The van der Waals surface area contributed by atoms with Crippen molar-refractivity contribution in [1.82, 2.24) is 0 Å². The molecule has 6 heavy (non-hydrogen) atoms. The molecular weight excluding hydrogens is 173 g/mol. The van der Waals surface area contributed by atoms with Gasteiger partial charge >= 0.3 is 29.0 Å². The molecule has 0 fully saturated rings. The Balaban J connectivity index is -0.0000000450. The van der Waals surface area contributed by atoms with Gasteiger partial charge in [0.05, 0.1) is 0 Å². The molecule has 0 aromatic carbocycles. The first-order chi connectivity index (χ1) is 1.73. The molecule has 3 nitrogen and oxygen atoms in total. The van der Waals surface area contributed by atoms with E-state index in [2.05, 4.69) is 0 Å². The molecule has 0 spiro atoms. The van der Waals surface area contributed by atoms with Gasteiger partial charge in [-0.3, -0.25) is 4.46 Å². The Bertz CT molecular complexity index is 33.8. The maximum absolute atomic E-state index is 8.74. The molecule has 6 heteroatoms. The van der Waals surface area contributed by atoms with Gasteiger partial charge in [-0.25, -0.2) is 0 Å². The van der Waals surface area contributed by atoms with Crippen molar-refractivity contribution in [2.45, 2.75) is 0 Å². The van der Waals surface area contributed by atoms with Gasteiger partial charge in [-0.1, -0.05) is 0 Å². The molecule has 0 heterocycles. The minimum absolute atomic E-state index is 0. The Morgan fingerprint density at radius 3 is 1.33 bits per heavy atom. The second-order valence-corrected chi connectivity index (χ2v) is 0.848. The number of rotatable bonds is 0. The Morgan fingerprint density at radius 1 is 1.33 bits per heavy atom. The zero-order valence-corrected chi connectivity index (χ0v) is 2.80. The van der Waals surface area contributed by atoms with Gasteiger partial charge in [-0.15, -0.1) is 0 Å². The molecule has 0 saturated carbocycles. The van der Waals surface area contributed by atoms with E-state index in [4.69, 9.17) is 14.1 Å². The average Bonchev–Trinajstić information content (AvgIpc) is 0.811. The van der Waals surface area contributed by atoms with Crippen LogP contribution in [0.25, 0.3) is 0 Å². The molecule has 0 aliphatic rings.